The molecule has 1 aliphatic carbocycles. The van der Waals surface area contributed by atoms with Crippen molar-refractivity contribution in [3.8, 4) is 0 Å². The first-order valence-corrected chi connectivity index (χ1v) is 3.51. The van der Waals surface area contributed by atoms with Crippen molar-refractivity contribution in [1.82, 2.24) is 0 Å². The zero-order valence-corrected chi connectivity index (χ0v) is 5.32. The van der Waals surface area contributed by atoms with Crippen LogP contribution >= 0.6 is 12.6 Å². The van der Waals surface area contributed by atoms with E-state index in [1.165, 1.54) is 19.3 Å². The van der Waals surface area contributed by atoms with Crippen molar-refractivity contribution in [3.05, 3.63) is 6.42 Å². The molecule has 0 heterocycles. The molecule has 0 amide bonds. The Hall–Kier alpha value is 0.350. The molecule has 0 N–H and O–H groups in total. The summed E-state index contributed by atoms with van der Waals surface area (Å²) in [5.41, 5.74) is 0. The van der Waals surface area contributed by atoms with Crippen LogP contribution in [0.5, 0.6) is 0 Å². The molecule has 1 rings (SSSR count). The molecule has 0 aromatic rings. The van der Waals surface area contributed by atoms with Gasteiger partial charge in [0.25, 0.3) is 0 Å². The van der Waals surface area contributed by atoms with E-state index < -0.39 is 0 Å². The summed E-state index contributed by atoms with van der Waals surface area (Å²) < 4.78 is 0. The second-order valence-corrected chi connectivity index (χ2v) is 2.47. The Morgan fingerprint density at radius 1 is 1.71 bits per heavy atom. The van der Waals surface area contributed by atoms with Crippen molar-refractivity contribution in [2.24, 2.45) is 5.92 Å². The fourth-order valence-electron chi connectivity index (χ4n) is 1.02. The van der Waals surface area contributed by atoms with Crippen molar-refractivity contribution in [1.29, 1.82) is 0 Å². The van der Waals surface area contributed by atoms with Gasteiger partial charge in [-0.1, -0.05) is 6.42 Å². The Bertz CT molecular complexity index is 46.1. The predicted molar refractivity (Wildman–Crippen MR) is 35.5 cm³/mol. The van der Waals surface area contributed by atoms with Gasteiger partial charge in [-0.05, 0) is 30.9 Å². The van der Waals surface area contributed by atoms with Gasteiger partial charge < -0.3 is 0 Å². The van der Waals surface area contributed by atoms with E-state index in [9.17, 15) is 0 Å². The zero-order chi connectivity index (χ0) is 5.11. The van der Waals surface area contributed by atoms with Crippen LogP contribution < -0.4 is 0 Å². The lowest BCUT2D eigenvalue weighted by molar-refractivity contribution is 0.705. The van der Waals surface area contributed by atoms with E-state index in [4.69, 9.17) is 0 Å². The SMILES string of the molecule is SCC1[CH]CCC1. The summed E-state index contributed by atoms with van der Waals surface area (Å²) in [6.07, 6.45) is 6.48. The van der Waals surface area contributed by atoms with Crippen LogP contribution in [0.3, 0.4) is 0 Å². The number of hydrogen-bond donors (Lipinski definition) is 1. The van der Waals surface area contributed by atoms with Crippen LogP contribution in [-0.4, -0.2) is 5.75 Å². The molecule has 0 saturated heterocycles. The molecule has 41 valence electrons. The highest BCUT2D eigenvalue weighted by Gasteiger charge is 2.11. The summed E-state index contributed by atoms with van der Waals surface area (Å²) in [5.74, 6) is 1.89. The third kappa shape index (κ3) is 1.37. The van der Waals surface area contributed by atoms with E-state index in [1.807, 2.05) is 0 Å². The average Bonchev–Trinajstić information content (AvgIpc) is 2.14. The molecule has 0 aromatic heterocycles. The maximum atomic E-state index is 4.18. The summed E-state index contributed by atoms with van der Waals surface area (Å²) in [4.78, 5) is 0. The van der Waals surface area contributed by atoms with Gasteiger partial charge in [0.1, 0.15) is 0 Å². The van der Waals surface area contributed by atoms with Crippen molar-refractivity contribution in [2.45, 2.75) is 19.3 Å². The Morgan fingerprint density at radius 3 is 2.86 bits per heavy atom. The minimum atomic E-state index is 0.836. The van der Waals surface area contributed by atoms with Crippen LogP contribution in [0.15, 0.2) is 0 Å². The topological polar surface area (TPSA) is 0 Å². The number of thiol groups is 1. The molecule has 0 bridgehead atoms. The van der Waals surface area contributed by atoms with E-state index in [2.05, 4.69) is 19.0 Å². The van der Waals surface area contributed by atoms with Crippen molar-refractivity contribution >= 4 is 12.6 Å². The third-order valence-corrected chi connectivity index (χ3v) is 1.98. The van der Waals surface area contributed by atoms with E-state index in [0.717, 1.165) is 11.7 Å². The van der Waals surface area contributed by atoms with Crippen molar-refractivity contribution in [2.75, 3.05) is 5.75 Å². The molecule has 1 saturated carbocycles. The van der Waals surface area contributed by atoms with Crippen LogP contribution in [0.25, 0.3) is 0 Å². The van der Waals surface area contributed by atoms with Crippen LogP contribution in [0.2, 0.25) is 0 Å². The quantitative estimate of drug-likeness (QED) is 0.496. The van der Waals surface area contributed by atoms with E-state index >= 15 is 0 Å². The first-order chi connectivity index (χ1) is 3.43. The molecule has 0 aliphatic heterocycles. The normalized spacial score (nSPS) is 23.6. The lowest BCUT2D eigenvalue weighted by atomic mass is 10.1. The summed E-state index contributed by atoms with van der Waals surface area (Å²) >= 11 is 4.18. The summed E-state index contributed by atoms with van der Waals surface area (Å²) in [7, 11) is 0. The largest absolute Gasteiger partial charge is 0.179 e. The zero-order valence-electron chi connectivity index (χ0n) is 4.43. The first-order valence-electron chi connectivity index (χ1n) is 2.87. The van der Waals surface area contributed by atoms with Crippen LogP contribution in [0.1, 0.15) is 19.3 Å². The van der Waals surface area contributed by atoms with Gasteiger partial charge in [-0.15, -0.1) is 0 Å². The second-order valence-electron chi connectivity index (χ2n) is 2.11. The van der Waals surface area contributed by atoms with Gasteiger partial charge in [-0.25, -0.2) is 0 Å². The Kier molecular flexibility index (Phi) is 2.04. The maximum Gasteiger partial charge on any atom is -0.00667 e. The smallest absolute Gasteiger partial charge is 0.00667 e. The highest BCUT2D eigenvalue weighted by atomic mass is 32.1. The summed E-state index contributed by atoms with van der Waals surface area (Å²) in [6, 6.07) is 0. The van der Waals surface area contributed by atoms with Crippen LogP contribution in [0.4, 0.5) is 0 Å². The Balaban J connectivity index is 2.14. The molecule has 7 heavy (non-hydrogen) atoms. The first kappa shape index (κ1) is 5.49. The molecule has 1 radical (unpaired) electrons. The molecule has 1 aliphatic rings. The fourth-order valence-corrected chi connectivity index (χ4v) is 1.35. The van der Waals surface area contributed by atoms with Gasteiger partial charge in [-0.3, -0.25) is 0 Å². The van der Waals surface area contributed by atoms with Crippen LogP contribution in [-0.2, 0) is 0 Å². The van der Waals surface area contributed by atoms with Crippen LogP contribution in [0, 0.1) is 12.3 Å². The molecule has 0 spiro atoms. The summed E-state index contributed by atoms with van der Waals surface area (Å²) in [5, 5.41) is 0. The second kappa shape index (κ2) is 2.61. The van der Waals surface area contributed by atoms with Gasteiger partial charge in [0, 0.05) is 0 Å². The lowest BCUT2D eigenvalue weighted by Gasteiger charge is -1.98. The van der Waals surface area contributed by atoms with Crippen molar-refractivity contribution < 1.29 is 0 Å². The molecule has 0 nitrogen and oxygen atoms in total. The predicted octanol–water partition coefficient (Wildman–Crippen LogP) is 1.92. The fraction of sp³-hybridized carbons (Fsp3) is 0.833. The minimum Gasteiger partial charge on any atom is -0.179 e. The van der Waals surface area contributed by atoms with E-state index in [1.54, 1.807) is 0 Å². The standard InChI is InChI=1S/C6H11S/c7-5-6-3-1-2-4-6/h3,6-7H,1-2,4-5H2. The Labute approximate surface area is 50.7 Å². The molecule has 1 unspecified atom stereocenters. The van der Waals surface area contributed by atoms with Gasteiger partial charge in [0.2, 0.25) is 0 Å². The highest BCUT2D eigenvalue weighted by molar-refractivity contribution is 7.80. The molecule has 1 atom stereocenters. The third-order valence-electron chi connectivity index (χ3n) is 1.51. The molecule has 1 heteroatoms. The monoisotopic (exact) mass is 115 g/mol. The Morgan fingerprint density at radius 2 is 2.57 bits per heavy atom. The van der Waals surface area contributed by atoms with Gasteiger partial charge in [0.05, 0.1) is 0 Å². The van der Waals surface area contributed by atoms with Gasteiger partial charge in [-0.2, -0.15) is 12.6 Å². The van der Waals surface area contributed by atoms with E-state index in [-0.39, 0.29) is 0 Å². The molecular formula is C6H11S. The maximum absolute atomic E-state index is 4.18. The minimum absolute atomic E-state index is 0.836. The number of rotatable bonds is 1. The van der Waals surface area contributed by atoms with Crippen molar-refractivity contribution in [3.63, 3.8) is 0 Å². The summed E-state index contributed by atoms with van der Waals surface area (Å²) in [6.45, 7) is 0. The average molecular weight is 115 g/mol. The number of hydrogen-bond acceptors (Lipinski definition) is 1. The molecular weight excluding hydrogens is 104 g/mol. The highest BCUT2D eigenvalue weighted by Crippen LogP contribution is 2.23. The van der Waals surface area contributed by atoms with Gasteiger partial charge >= 0.3 is 0 Å². The van der Waals surface area contributed by atoms with Gasteiger partial charge in [0.15, 0.2) is 0 Å². The molecule has 0 aromatic carbocycles. The lowest BCUT2D eigenvalue weighted by Crippen LogP contribution is -1.92. The van der Waals surface area contributed by atoms with E-state index in [0.29, 0.717) is 0 Å². The molecule has 1 fully saturated rings.